The summed E-state index contributed by atoms with van der Waals surface area (Å²) in [4.78, 5) is 30.8. The highest BCUT2D eigenvalue weighted by atomic mass is 35.5. The zero-order chi connectivity index (χ0) is 26.2. The molecule has 38 heavy (non-hydrogen) atoms. The molecule has 9 nitrogen and oxygen atoms in total. The molecule has 0 aliphatic carbocycles. The second-order valence-electron chi connectivity index (χ2n) is 9.33. The Kier molecular flexibility index (Phi) is 6.54. The lowest BCUT2D eigenvalue weighted by atomic mass is 9.96. The van der Waals surface area contributed by atoms with Gasteiger partial charge in [0.1, 0.15) is 17.2 Å². The topological polar surface area (TPSA) is 105 Å². The Morgan fingerprint density at radius 1 is 1.24 bits per heavy atom. The molecule has 1 amide bonds. The first-order valence-electron chi connectivity index (χ1n) is 12.2. The highest BCUT2D eigenvalue weighted by molar-refractivity contribution is 6.31. The van der Waals surface area contributed by atoms with Gasteiger partial charge in [-0.25, -0.2) is 23.7 Å². The van der Waals surface area contributed by atoms with Gasteiger partial charge in [0.05, 0.1) is 23.4 Å². The summed E-state index contributed by atoms with van der Waals surface area (Å²) in [5.74, 6) is -0.601. The van der Waals surface area contributed by atoms with Crippen LogP contribution in [0.1, 0.15) is 28.8 Å². The molecule has 1 aromatic carbocycles. The van der Waals surface area contributed by atoms with Gasteiger partial charge in [-0.2, -0.15) is 0 Å². The number of fused-ring (bicyclic) bond motifs is 2. The average molecular weight is 541 g/mol. The molecule has 5 heterocycles. The summed E-state index contributed by atoms with van der Waals surface area (Å²) in [5, 5.41) is 4.28. The van der Waals surface area contributed by atoms with E-state index in [9.17, 15) is 13.6 Å². The predicted octanol–water partition coefficient (Wildman–Crippen LogP) is 4.78. The highest BCUT2D eigenvalue weighted by Crippen LogP contribution is 2.32. The van der Waals surface area contributed by atoms with Crippen LogP contribution in [0.25, 0.3) is 22.4 Å². The third kappa shape index (κ3) is 4.74. The van der Waals surface area contributed by atoms with E-state index in [1.165, 1.54) is 18.3 Å². The molecule has 1 fully saturated rings. The van der Waals surface area contributed by atoms with E-state index in [0.29, 0.717) is 53.0 Å². The van der Waals surface area contributed by atoms with Gasteiger partial charge in [0.15, 0.2) is 24.3 Å². The minimum atomic E-state index is -0.584. The molecule has 2 N–H and O–H groups in total. The van der Waals surface area contributed by atoms with Gasteiger partial charge in [-0.1, -0.05) is 11.6 Å². The predicted molar refractivity (Wildman–Crippen MR) is 136 cm³/mol. The van der Waals surface area contributed by atoms with E-state index in [2.05, 4.69) is 25.3 Å². The van der Waals surface area contributed by atoms with E-state index < -0.39 is 11.6 Å². The summed E-state index contributed by atoms with van der Waals surface area (Å²) in [6.45, 7) is 1.57. The number of carbonyl (C=O) groups is 1. The maximum atomic E-state index is 14.6. The van der Waals surface area contributed by atoms with Gasteiger partial charge in [0.25, 0.3) is 5.91 Å². The number of piperidine rings is 1. The fourth-order valence-corrected chi connectivity index (χ4v) is 5.11. The summed E-state index contributed by atoms with van der Waals surface area (Å²) in [5.41, 5.74) is 1.98. The number of aromatic amines is 1. The molecule has 0 unspecified atom stereocenters. The zero-order valence-electron chi connectivity index (χ0n) is 20.1. The maximum absolute atomic E-state index is 14.6. The lowest BCUT2D eigenvalue weighted by Gasteiger charge is -2.33. The smallest absolute Gasteiger partial charge is 0.257 e. The highest BCUT2D eigenvalue weighted by Gasteiger charge is 2.29. The van der Waals surface area contributed by atoms with Crippen LogP contribution in [0.4, 0.5) is 14.6 Å². The van der Waals surface area contributed by atoms with E-state index in [0.717, 1.165) is 24.4 Å². The molecule has 0 saturated carbocycles. The number of amides is 1. The standard InChI is InChI=1S/C26H23ClF2N6O3/c27-16-5-18-20(9-32-23(18)31-8-16)24-33-10-21(29)25(34-24)30-7-14-2-1-3-35(11-14)26(36)19-6-17(28)4-15-12-37-13-38-22(15)19/h4-6,8-10,14H,1-3,7,11-13H2,(H,31,32)(H,30,33,34)/t14-/m1/s1. The number of nitrogens with one attached hydrogen (secondary N) is 2. The number of hydrogen-bond acceptors (Lipinski definition) is 7. The summed E-state index contributed by atoms with van der Waals surface area (Å²) >= 11 is 6.09. The van der Waals surface area contributed by atoms with Crippen molar-refractivity contribution in [2.24, 2.45) is 5.92 Å². The maximum Gasteiger partial charge on any atom is 0.257 e. The molecule has 0 bridgehead atoms. The molecular formula is C26H23ClF2N6O3. The van der Waals surface area contributed by atoms with Crippen LogP contribution in [-0.4, -0.2) is 57.2 Å². The Labute approximate surface area is 221 Å². The Balaban J connectivity index is 1.17. The first kappa shape index (κ1) is 24.5. The molecule has 1 saturated heterocycles. The van der Waals surface area contributed by atoms with Crippen LogP contribution in [0.15, 0.2) is 36.8 Å². The summed E-state index contributed by atoms with van der Waals surface area (Å²) < 4.78 is 39.5. The van der Waals surface area contributed by atoms with Crippen molar-refractivity contribution < 1.29 is 23.0 Å². The van der Waals surface area contributed by atoms with Crippen LogP contribution in [0.2, 0.25) is 5.02 Å². The Bertz CT molecular complexity index is 1530. The summed E-state index contributed by atoms with van der Waals surface area (Å²) in [7, 11) is 0. The van der Waals surface area contributed by atoms with Gasteiger partial charge in [0, 0.05) is 48.5 Å². The lowest BCUT2D eigenvalue weighted by molar-refractivity contribution is -0.0173. The first-order valence-corrected chi connectivity index (χ1v) is 12.6. The number of rotatable bonds is 5. The van der Waals surface area contributed by atoms with Gasteiger partial charge in [-0.3, -0.25) is 4.79 Å². The first-order chi connectivity index (χ1) is 18.5. The summed E-state index contributed by atoms with van der Waals surface area (Å²) in [6.07, 6.45) is 5.96. The number of carbonyl (C=O) groups excluding carboxylic acids is 1. The van der Waals surface area contributed by atoms with E-state index >= 15 is 0 Å². The SMILES string of the molecule is O=C(c1cc(F)cc2c1OCOC2)N1CCC[C@H](CNc2nc(-c3c[nH]c4ncc(Cl)cc34)ncc2F)C1. The molecule has 2 aliphatic rings. The molecule has 4 aromatic rings. The van der Waals surface area contributed by atoms with E-state index in [1.54, 1.807) is 17.2 Å². The quantitative estimate of drug-likeness (QED) is 0.375. The molecule has 0 spiro atoms. The van der Waals surface area contributed by atoms with Crippen LogP contribution in [0.5, 0.6) is 5.75 Å². The second-order valence-corrected chi connectivity index (χ2v) is 9.77. The van der Waals surface area contributed by atoms with Crippen LogP contribution < -0.4 is 10.1 Å². The van der Waals surface area contributed by atoms with Crippen molar-refractivity contribution in [2.45, 2.75) is 19.4 Å². The molecule has 3 aromatic heterocycles. The number of H-pyrrole nitrogens is 1. The number of hydrogen-bond donors (Lipinski definition) is 2. The number of pyridine rings is 1. The van der Waals surface area contributed by atoms with Gasteiger partial charge < -0.3 is 24.7 Å². The largest absolute Gasteiger partial charge is 0.466 e. The Hall–Kier alpha value is -3.83. The van der Waals surface area contributed by atoms with Crippen LogP contribution in [0.3, 0.4) is 0 Å². The number of ether oxygens (including phenoxy) is 2. The minimum absolute atomic E-state index is 0.0139. The average Bonchev–Trinajstić information content (AvgIpc) is 3.35. The number of nitrogens with zero attached hydrogens (tertiary/aromatic N) is 4. The molecule has 1 atom stereocenters. The number of anilines is 1. The van der Waals surface area contributed by atoms with Crippen LogP contribution in [-0.2, 0) is 11.3 Å². The van der Waals surface area contributed by atoms with E-state index in [1.807, 2.05) is 0 Å². The van der Waals surface area contributed by atoms with Crippen LogP contribution >= 0.6 is 11.6 Å². The van der Waals surface area contributed by atoms with Gasteiger partial charge in [-0.05, 0) is 37.0 Å². The normalized spacial score (nSPS) is 17.2. The van der Waals surface area contributed by atoms with Crippen molar-refractivity contribution in [3.8, 4) is 17.1 Å². The third-order valence-electron chi connectivity index (χ3n) is 6.75. The molecule has 0 radical (unpaired) electrons. The molecule has 2 aliphatic heterocycles. The zero-order valence-corrected chi connectivity index (χ0v) is 20.9. The van der Waals surface area contributed by atoms with E-state index in [-0.39, 0.29) is 36.6 Å². The second kappa shape index (κ2) is 10.1. The van der Waals surface area contributed by atoms with Crippen molar-refractivity contribution in [3.63, 3.8) is 0 Å². The van der Waals surface area contributed by atoms with Crippen LogP contribution in [0, 0.1) is 17.6 Å². The number of aromatic nitrogens is 4. The molecule has 6 rings (SSSR count). The lowest BCUT2D eigenvalue weighted by Crippen LogP contribution is -2.42. The van der Waals surface area contributed by atoms with Crippen molar-refractivity contribution in [1.82, 2.24) is 24.8 Å². The van der Waals surface area contributed by atoms with Crippen molar-refractivity contribution >= 4 is 34.4 Å². The Morgan fingerprint density at radius 2 is 2.13 bits per heavy atom. The van der Waals surface area contributed by atoms with Gasteiger partial charge in [-0.15, -0.1) is 0 Å². The number of halogens is 3. The summed E-state index contributed by atoms with van der Waals surface area (Å²) in [6, 6.07) is 4.27. The van der Waals surface area contributed by atoms with Crippen molar-refractivity contribution in [2.75, 3.05) is 31.7 Å². The van der Waals surface area contributed by atoms with Gasteiger partial charge in [0.2, 0.25) is 0 Å². The fourth-order valence-electron chi connectivity index (χ4n) is 4.95. The Morgan fingerprint density at radius 3 is 3.03 bits per heavy atom. The van der Waals surface area contributed by atoms with Crippen molar-refractivity contribution in [1.29, 1.82) is 0 Å². The monoisotopic (exact) mass is 540 g/mol. The number of benzene rings is 1. The van der Waals surface area contributed by atoms with Gasteiger partial charge >= 0.3 is 0 Å². The fraction of sp³-hybridized carbons (Fsp3) is 0.308. The molecule has 196 valence electrons. The van der Waals surface area contributed by atoms with Crippen molar-refractivity contribution in [3.05, 3.63) is 64.6 Å². The molecular weight excluding hydrogens is 518 g/mol. The minimum Gasteiger partial charge on any atom is -0.466 e. The number of likely N-dealkylation sites (tertiary alicyclic amines) is 1. The molecule has 12 heteroatoms. The third-order valence-corrected chi connectivity index (χ3v) is 6.96. The van der Waals surface area contributed by atoms with E-state index in [4.69, 9.17) is 21.1 Å².